The van der Waals surface area contributed by atoms with Gasteiger partial charge in [-0.25, -0.2) is 4.98 Å². The second kappa shape index (κ2) is 5.11. The topological polar surface area (TPSA) is 30.0 Å². The van der Waals surface area contributed by atoms with Crippen molar-refractivity contribution in [3.63, 3.8) is 0 Å². The first-order chi connectivity index (χ1) is 6.59. The Hall–Kier alpha value is -0.890. The number of aromatic nitrogens is 1. The summed E-state index contributed by atoms with van der Waals surface area (Å²) >= 11 is 5.73. The number of carbonyl (C=O) groups excluding carboxylic acids is 1. The molecule has 0 fully saturated rings. The first-order valence-corrected chi connectivity index (χ1v) is 5.10. The van der Waals surface area contributed by atoms with Crippen LogP contribution in [0.15, 0.2) is 18.3 Å². The van der Waals surface area contributed by atoms with Gasteiger partial charge in [-0.1, -0.05) is 25.4 Å². The van der Waals surface area contributed by atoms with E-state index in [-0.39, 0.29) is 11.7 Å². The van der Waals surface area contributed by atoms with Crippen LogP contribution in [-0.4, -0.2) is 10.8 Å². The molecule has 0 N–H and O–H groups in total. The van der Waals surface area contributed by atoms with Gasteiger partial charge < -0.3 is 0 Å². The zero-order valence-corrected chi connectivity index (χ0v) is 9.21. The summed E-state index contributed by atoms with van der Waals surface area (Å²) in [5, 5.41) is 0.486. The summed E-state index contributed by atoms with van der Waals surface area (Å²) in [4.78, 5) is 15.2. The molecule has 0 bridgehead atoms. The molecule has 1 heterocycles. The Kier molecular flexibility index (Phi) is 4.08. The Labute approximate surface area is 89.3 Å². The van der Waals surface area contributed by atoms with Crippen molar-refractivity contribution in [3.8, 4) is 0 Å². The van der Waals surface area contributed by atoms with E-state index in [0.29, 0.717) is 11.6 Å². The van der Waals surface area contributed by atoms with Crippen molar-refractivity contribution in [1.82, 2.24) is 4.98 Å². The Morgan fingerprint density at radius 3 is 2.86 bits per heavy atom. The first-order valence-electron chi connectivity index (χ1n) is 4.72. The van der Waals surface area contributed by atoms with E-state index in [2.05, 4.69) is 4.98 Å². The van der Waals surface area contributed by atoms with Crippen LogP contribution in [0.25, 0.3) is 0 Å². The van der Waals surface area contributed by atoms with E-state index in [1.54, 1.807) is 12.3 Å². The third-order valence-corrected chi connectivity index (χ3v) is 2.30. The Bertz CT molecular complexity index is 323. The Morgan fingerprint density at radius 1 is 1.57 bits per heavy atom. The minimum absolute atomic E-state index is 0.118. The van der Waals surface area contributed by atoms with Gasteiger partial charge in [0.05, 0.1) is 0 Å². The quantitative estimate of drug-likeness (QED) is 0.717. The lowest BCUT2D eigenvalue weighted by atomic mass is 10.0. The summed E-state index contributed by atoms with van der Waals surface area (Å²) in [5.74, 6) is 0.408. The maximum absolute atomic E-state index is 11.4. The number of halogens is 1. The van der Waals surface area contributed by atoms with Crippen molar-refractivity contribution in [2.75, 3.05) is 0 Å². The van der Waals surface area contributed by atoms with Gasteiger partial charge in [-0.05, 0) is 24.1 Å². The fraction of sp³-hybridized carbons (Fsp3) is 0.455. The molecule has 1 aromatic rings. The highest BCUT2D eigenvalue weighted by Gasteiger charge is 2.07. The number of nitrogens with zero attached hydrogens (tertiary/aromatic N) is 1. The largest absolute Gasteiger partial charge is 0.299 e. The SMILES string of the molecule is CC(C)C(=O)CCc1ccnc(Cl)c1. The molecule has 0 aliphatic heterocycles. The molecule has 14 heavy (non-hydrogen) atoms. The molecule has 0 unspecified atom stereocenters. The van der Waals surface area contributed by atoms with Gasteiger partial charge in [0, 0.05) is 18.5 Å². The second-order valence-electron chi connectivity index (χ2n) is 3.61. The van der Waals surface area contributed by atoms with Crippen LogP contribution in [0, 0.1) is 5.92 Å². The standard InChI is InChI=1S/C11H14ClNO/c1-8(2)10(14)4-3-9-5-6-13-11(12)7-9/h5-8H,3-4H2,1-2H3. The molecule has 3 heteroatoms. The summed E-state index contributed by atoms with van der Waals surface area (Å²) in [6.07, 6.45) is 2.99. The van der Waals surface area contributed by atoms with Crippen LogP contribution >= 0.6 is 11.6 Å². The van der Waals surface area contributed by atoms with Crippen LogP contribution in [0.3, 0.4) is 0 Å². The summed E-state index contributed by atoms with van der Waals surface area (Å²) in [5.41, 5.74) is 1.07. The fourth-order valence-corrected chi connectivity index (χ4v) is 1.35. The minimum atomic E-state index is 0.118. The number of Topliss-reactive ketones (excluding diaryl/α,β-unsaturated/α-hetero) is 1. The molecular weight excluding hydrogens is 198 g/mol. The highest BCUT2D eigenvalue weighted by molar-refractivity contribution is 6.29. The van der Waals surface area contributed by atoms with Crippen molar-refractivity contribution in [2.24, 2.45) is 5.92 Å². The molecular formula is C11H14ClNO. The zero-order chi connectivity index (χ0) is 10.6. The highest BCUT2D eigenvalue weighted by atomic mass is 35.5. The third kappa shape index (κ3) is 3.46. The predicted molar refractivity (Wildman–Crippen MR) is 57.4 cm³/mol. The maximum Gasteiger partial charge on any atom is 0.135 e. The Balaban J connectivity index is 2.50. The maximum atomic E-state index is 11.4. The lowest BCUT2D eigenvalue weighted by Gasteiger charge is -2.03. The molecule has 0 aromatic carbocycles. The van der Waals surface area contributed by atoms with E-state index in [0.717, 1.165) is 12.0 Å². The second-order valence-corrected chi connectivity index (χ2v) is 4.00. The molecule has 0 saturated heterocycles. The molecule has 76 valence electrons. The van der Waals surface area contributed by atoms with Crippen LogP contribution in [0.4, 0.5) is 0 Å². The minimum Gasteiger partial charge on any atom is -0.299 e. The van der Waals surface area contributed by atoms with Crippen molar-refractivity contribution in [1.29, 1.82) is 0 Å². The van der Waals surface area contributed by atoms with Gasteiger partial charge in [0.1, 0.15) is 10.9 Å². The summed E-state index contributed by atoms with van der Waals surface area (Å²) in [6.45, 7) is 3.84. The van der Waals surface area contributed by atoms with Gasteiger partial charge in [-0.2, -0.15) is 0 Å². The fourth-order valence-electron chi connectivity index (χ4n) is 1.15. The first kappa shape index (κ1) is 11.2. The lowest BCUT2D eigenvalue weighted by Crippen LogP contribution is -2.07. The van der Waals surface area contributed by atoms with E-state index in [1.807, 2.05) is 19.9 Å². The number of hydrogen-bond acceptors (Lipinski definition) is 2. The van der Waals surface area contributed by atoms with E-state index in [9.17, 15) is 4.79 Å². The average molecular weight is 212 g/mol. The number of ketones is 1. The van der Waals surface area contributed by atoms with Crippen LogP contribution < -0.4 is 0 Å². The molecule has 1 aromatic heterocycles. The molecule has 0 atom stereocenters. The number of hydrogen-bond donors (Lipinski definition) is 0. The predicted octanol–water partition coefficient (Wildman–Crippen LogP) is 2.89. The molecule has 1 rings (SSSR count). The van der Waals surface area contributed by atoms with E-state index >= 15 is 0 Å². The number of carbonyl (C=O) groups is 1. The highest BCUT2D eigenvalue weighted by Crippen LogP contribution is 2.10. The van der Waals surface area contributed by atoms with Gasteiger partial charge in [-0.3, -0.25) is 4.79 Å². The molecule has 0 aliphatic rings. The van der Waals surface area contributed by atoms with Crippen molar-refractivity contribution >= 4 is 17.4 Å². The summed E-state index contributed by atoms with van der Waals surface area (Å²) in [6, 6.07) is 3.69. The molecule has 2 nitrogen and oxygen atoms in total. The van der Waals surface area contributed by atoms with E-state index in [4.69, 9.17) is 11.6 Å². The van der Waals surface area contributed by atoms with Crippen molar-refractivity contribution < 1.29 is 4.79 Å². The van der Waals surface area contributed by atoms with E-state index in [1.165, 1.54) is 0 Å². The van der Waals surface area contributed by atoms with Crippen LogP contribution in [0.1, 0.15) is 25.8 Å². The monoisotopic (exact) mass is 211 g/mol. The van der Waals surface area contributed by atoms with Gasteiger partial charge in [0.15, 0.2) is 0 Å². The molecule has 0 spiro atoms. The summed E-state index contributed by atoms with van der Waals surface area (Å²) in [7, 11) is 0. The molecule has 0 saturated carbocycles. The Morgan fingerprint density at radius 2 is 2.29 bits per heavy atom. The molecule has 0 amide bonds. The smallest absolute Gasteiger partial charge is 0.135 e. The number of rotatable bonds is 4. The zero-order valence-electron chi connectivity index (χ0n) is 8.46. The van der Waals surface area contributed by atoms with Crippen molar-refractivity contribution in [3.05, 3.63) is 29.0 Å². The van der Waals surface area contributed by atoms with Gasteiger partial charge in [0.25, 0.3) is 0 Å². The van der Waals surface area contributed by atoms with Crippen LogP contribution in [0.5, 0.6) is 0 Å². The normalized spacial score (nSPS) is 10.6. The number of aryl methyl sites for hydroxylation is 1. The lowest BCUT2D eigenvalue weighted by molar-refractivity contribution is -0.121. The third-order valence-electron chi connectivity index (χ3n) is 2.10. The van der Waals surface area contributed by atoms with E-state index < -0.39 is 0 Å². The average Bonchev–Trinajstić information content (AvgIpc) is 2.14. The van der Waals surface area contributed by atoms with Crippen molar-refractivity contribution in [2.45, 2.75) is 26.7 Å². The van der Waals surface area contributed by atoms with Gasteiger partial charge in [0.2, 0.25) is 0 Å². The van der Waals surface area contributed by atoms with Gasteiger partial charge >= 0.3 is 0 Å². The van der Waals surface area contributed by atoms with Crippen LogP contribution in [-0.2, 0) is 11.2 Å². The van der Waals surface area contributed by atoms with Crippen LogP contribution in [0.2, 0.25) is 5.15 Å². The molecule has 0 aliphatic carbocycles. The summed E-state index contributed by atoms with van der Waals surface area (Å²) < 4.78 is 0. The van der Waals surface area contributed by atoms with Gasteiger partial charge in [-0.15, -0.1) is 0 Å². The number of pyridine rings is 1. The molecule has 0 radical (unpaired) electrons.